The van der Waals surface area contributed by atoms with Gasteiger partial charge in [-0.2, -0.15) is 0 Å². The zero-order valence-corrected chi connectivity index (χ0v) is 57.7. The van der Waals surface area contributed by atoms with Gasteiger partial charge in [-0.05, 0) is 106 Å². The smallest absolute Gasteiger partial charge is 0.326 e. The maximum Gasteiger partial charge on any atom is 0.326 e. The summed E-state index contributed by atoms with van der Waals surface area (Å²) in [5, 5.41) is 87.2. The number of amides is 11. The average molecular weight is 1430 g/mol. The number of aliphatic hydroxyl groups excluding tert-OH is 2. The number of aromatic hydroxyl groups is 2. The van der Waals surface area contributed by atoms with Crippen molar-refractivity contribution in [2.24, 2.45) is 55.4 Å². The number of nitrogens with one attached hydrogen (secondary N) is 10. The Kier molecular flexibility index (Phi) is 32.7. The number of para-hydroxylation sites is 1. The number of nitrogens with zero attached hydrogens (tertiary/aromatic N) is 3. The molecule has 0 heterocycles. The first kappa shape index (κ1) is 84.8. The normalized spacial score (nSPS) is 14.2. The molecule has 3 rings (SSSR count). The Hall–Kier alpha value is -11.4. The lowest BCUT2D eigenvalue weighted by Gasteiger charge is -2.36. The molecule has 0 spiro atoms. The lowest BCUT2D eigenvalue weighted by Crippen LogP contribution is -2.64. The fourth-order valence-corrected chi connectivity index (χ4v) is 9.81. The molecule has 560 valence electrons. The summed E-state index contributed by atoms with van der Waals surface area (Å²) in [6.45, 7) is 9.20. The standard InChI is InChI=1S/C64H95N19O19/c1-31(2)25-40(52(91)78-42(27-34-19-22-46(87)45(28-34)83(101)102)54(93)77-41(26-33-17-20-35(86)21-18-33)53(92)75-39(59(98)99)16-12-24-72-62(69)70)76-51(90)38(15-11-23-71-61(67)68)74-55(94)44(30-85)80-56(95)43(29-84)79-49(88)32(3)73-58(97)48(64(7,8)60(66)100)82-57(96)47(63(4,5)6)81-50(89)36-13-9-10-14-37(36)65/h9-10,13-14,17-22,28,31-32,38-44,47-48,84-87H,11-12,15-16,23-27,29-30,65H2,1-8H3,(H2,66,100)(H,73,97)(H,74,94)(H,75,92)(H,76,90)(H,77,93)(H,78,91)(H,79,88)(H,80,95)(H,81,89)(H,82,96)(H,98,99)(H4,67,68,71)(H4,69,70,72). The fourth-order valence-electron chi connectivity index (χ4n) is 9.81. The molecule has 0 saturated heterocycles. The highest BCUT2D eigenvalue weighted by atomic mass is 16.6. The second-order valence-corrected chi connectivity index (χ2v) is 25.9. The van der Waals surface area contributed by atoms with E-state index in [9.17, 15) is 93.2 Å². The lowest BCUT2D eigenvalue weighted by molar-refractivity contribution is -0.385. The first-order valence-corrected chi connectivity index (χ1v) is 32.1. The number of nitro benzene ring substituents is 1. The van der Waals surface area contributed by atoms with Crippen molar-refractivity contribution in [3.63, 3.8) is 0 Å². The predicted molar refractivity (Wildman–Crippen MR) is 369 cm³/mol. The number of aliphatic imine (C=N–C) groups is 2. The number of nitro groups is 1. The molecule has 27 N–H and O–H groups in total. The minimum absolute atomic E-state index is 0.00956. The zero-order chi connectivity index (χ0) is 77.1. The van der Waals surface area contributed by atoms with Crippen LogP contribution in [0.2, 0.25) is 0 Å². The summed E-state index contributed by atoms with van der Waals surface area (Å²) in [4.78, 5) is 185. The molecule has 0 fully saturated rings. The van der Waals surface area contributed by atoms with E-state index in [1.165, 1.54) is 56.3 Å². The molecule has 38 heteroatoms. The number of carbonyl (C=O) groups is 12. The van der Waals surface area contributed by atoms with Crippen LogP contribution in [0, 0.1) is 26.9 Å². The Morgan fingerprint density at radius 1 is 0.520 bits per heavy atom. The molecule has 0 aliphatic rings. The van der Waals surface area contributed by atoms with Crippen molar-refractivity contribution in [3.8, 4) is 11.5 Å². The number of hydrogen-bond acceptors (Lipinski definition) is 21. The van der Waals surface area contributed by atoms with Gasteiger partial charge in [0, 0.05) is 37.7 Å². The van der Waals surface area contributed by atoms with Crippen molar-refractivity contribution in [2.45, 2.75) is 161 Å². The molecular formula is C64H95N19O19. The number of benzene rings is 3. The van der Waals surface area contributed by atoms with E-state index in [2.05, 4.69) is 63.2 Å². The number of rotatable bonds is 40. The van der Waals surface area contributed by atoms with Gasteiger partial charge in [0.15, 0.2) is 17.7 Å². The third-order valence-corrected chi connectivity index (χ3v) is 15.7. The molecule has 38 nitrogen and oxygen atoms in total. The largest absolute Gasteiger partial charge is 0.508 e. The third-order valence-electron chi connectivity index (χ3n) is 15.7. The number of hydrogen-bond donors (Lipinski definition) is 21. The minimum Gasteiger partial charge on any atom is -0.508 e. The molecule has 0 aliphatic heterocycles. The Morgan fingerprint density at radius 3 is 1.43 bits per heavy atom. The molecule has 102 heavy (non-hydrogen) atoms. The molecular weight excluding hydrogens is 1340 g/mol. The number of carboxylic acid groups (broad SMARTS) is 1. The van der Waals surface area contributed by atoms with Crippen molar-refractivity contribution in [1.29, 1.82) is 0 Å². The predicted octanol–water partition coefficient (Wildman–Crippen LogP) is -4.66. The Balaban J connectivity index is 1.95. The highest BCUT2D eigenvalue weighted by Gasteiger charge is 2.45. The van der Waals surface area contributed by atoms with Crippen molar-refractivity contribution in [2.75, 3.05) is 32.0 Å². The molecule has 3 aromatic carbocycles. The summed E-state index contributed by atoms with van der Waals surface area (Å²) in [7, 11) is 0. The maximum absolute atomic E-state index is 14.7. The SMILES string of the molecule is CC(C)CC(NC(=O)C(CCCN=C(N)N)NC(=O)C(CO)NC(=O)C(CO)NC(=O)C(C)NC(=O)C(NC(=O)C(NC(=O)c1ccccc1N)C(C)(C)C)C(C)(C)C(N)=O)C(=O)NC(Cc1ccc(O)c([N+](=O)[O-])c1)C(=O)NC(Cc1ccc(O)cc1)C(=O)NC(CCCN=C(N)N)C(=O)O. The third kappa shape index (κ3) is 27.0. The van der Waals surface area contributed by atoms with Crippen LogP contribution in [0.25, 0.3) is 0 Å². The monoisotopic (exact) mass is 1430 g/mol. The van der Waals surface area contributed by atoms with Crippen molar-refractivity contribution in [1.82, 2.24) is 53.2 Å². The Labute approximate surface area is 586 Å². The van der Waals surface area contributed by atoms with Crippen LogP contribution < -0.4 is 87.6 Å². The van der Waals surface area contributed by atoms with Gasteiger partial charge in [0.1, 0.15) is 66.2 Å². The molecule has 0 radical (unpaired) electrons. The van der Waals surface area contributed by atoms with Crippen molar-refractivity contribution >= 4 is 94.2 Å². The van der Waals surface area contributed by atoms with Gasteiger partial charge in [0.2, 0.25) is 59.1 Å². The van der Waals surface area contributed by atoms with Gasteiger partial charge in [-0.3, -0.25) is 72.8 Å². The Bertz CT molecular complexity index is 3560. The molecule has 0 bridgehead atoms. The number of phenolic OH excluding ortho intramolecular Hbond substituents is 2. The topological polar surface area (TPSA) is 650 Å². The maximum atomic E-state index is 14.7. The van der Waals surface area contributed by atoms with E-state index < -0.39 is 184 Å². The zero-order valence-electron chi connectivity index (χ0n) is 57.7. The molecule has 3 aromatic rings. The van der Waals surface area contributed by atoms with Crippen LogP contribution in [0.15, 0.2) is 76.7 Å². The van der Waals surface area contributed by atoms with E-state index in [1.807, 2.05) is 0 Å². The molecule has 0 saturated carbocycles. The minimum atomic E-state index is -1.96. The molecule has 0 aliphatic carbocycles. The van der Waals surface area contributed by atoms with Gasteiger partial charge in [0.25, 0.3) is 5.91 Å². The van der Waals surface area contributed by atoms with E-state index in [-0.39, 0.29) is 86.1 Å². The number of aliphatic carboxylic acids is 1. The van der Waals surface area contributed by atoms with Crippen LogP contribution in [-0.4, -0.2) is 200 Å². The summed E-state index contributed by atoms with van der Waals surface area (Å²) in [5.41, 5.74) is 30.2. The van der Waals surface area contributed by atoms with Gasteiger partial charge >= 0.3 is 11.7 Å². The van der Waals surface area contributed by atoms with Crippen LogP contribution >= 0.6 is 0 Å². The van der Waals surface area contributed by atoms with Crippen molar-refractivity contribution in [3.05, 3.63) is 93.5 Å². The van der Waals surface area contributed by atoms with Crippen LogP contribution in [0.4, 0.5) is 11.4 Å². The van der Waals surface area contributed by atoms with E-state index in [0.717, 1.165) is 19.1 Å². The summed E-state index contributed by atoms with van der Waals surface area (Å²) in [6, 6.07) is -2.55. The molecule has 10 unspecified atom stereocenters. The summed E-state index contributed by atoms with van der Waals surface area (Å²) in [6.07, 6.45) is -1.63. The van der Waals surface area contributed by atoms with E-state index in [0.29, 0.717) is 5.56 Å². The number of carboxylic acids is 1. The average Bonchev–Trinajstić information content (AvgIpc) is 0.804. The van der Waals surface area contributed by atoms with Gasteiger partial charge in [-0.15, -0.1) is 0 Å². The fraction of sp³-hybridized carbons (Fsp3) is 0.500. The second-order valence-electron chi connectivity index (χ2n) is 25.9. The summed E-state index contributed by atoms with van der Waals surface area (Å²) < 4.78 is 0. The van der Waals surface area contributed by atoms with Gasteiger partial charge < -0.3 is 113 Å². The quantitative estimate of drug-likeness (QED) is 0.00636. The molecule has 11 amide bonds. The first-order valence-electron chi connectivity index (χ1n) is 32.1. The van der Waals surface area contributed by atoms with Crippen LogP contribution in [0.3, 0.4) is 0 Å². The van der Waals surface area contributed by atoms with Crippen LogP contribution in [0.5, 0.6) is 11.5 Å². The number of primary amides is 1. The first-order chi connectivity index (χ1) is 47.6. The number of nitrogens with two attached hydrogens (primary N) is 6. The summed E-state index contributed by atoms with van der Waals surface area (Å²) >= 11 is 0. The number of anilines is 1. The van der Waals surface area contributed by atoms with E-state index >= 15 is 0 Å². The van der Waals surface area contributed by atoms with Crippen molar-refractivity contribution < 1.29 is 88.0 Å². The number of aliphatic hydroxyl groups is 2. The second kappa shape index (κ2) is 39.4. The lowest BCUT2D eigenvalue weighted by atomic mass is 9.81. The number of guanidine groups is 2. The molecule has 10 atom stereocenters. The molecule has 0 aromatic heterocycles. The van der Waals surface area contributed by atoms with Gasteiger partial charge in [-0.1, -0.05) is 65.0 Å². The van der Waals surface area contributed by atoms with Crippen LogP contribution in [-0.2, 0) is 65.6 Å². The Morgan fingerprint density at radius 2 is 0.951 bits per heavy atom. The van der Waals surface area contributed by atoms with Gasteiger partial charge in [-0.25, -0.2) is 4.79 Å². The summed E-state index contributed by atoms with van der Waals surface area (Å²) in [5.74, 6) is -15.4. The van der Waals surface area contributed by atoms with Crippen LogP contribution in [0.1, 0.15) is 109 Å². The van der Waals surface area contributed by atoms with E-state index in [1.54, 1.807) is 46.8 Å². The van der Waals surface area contributed by atoms with Gasteiger partial charge in [0.05, 0.1) is 29.1 Å². The highest BCUT2D eigenvalue weighted by molar-refractivity contribution is 6.03. The number of nitrogen functional groups attached to an aromatic ring is 1. The number of phenols is 2. The highest BCUT2D eigenvalue weighted by Crippen LogP contribution is 2.28. The number of carbonyl (C=O) groups excluding carboxylic acids is 11. The van der Waals surface area contributed by atoms with E-state index in [4.69, 9.17) is 34.4 Å².